The molecule has 4 aromatic rings. The van der Waals surface area contributed by atoms with Crippen LogP contribution in [-0.2, 0) is 4.79 Å². The standard InChI is InChI=1S/C21H20N6O4/c1-12-10-23-20(25-13-4-3-5-15(8-13)30-11-18(28)22-2)27-19(12)24-14-6-7-17-16(9-14)26-21(29)31-17/h3-10H,11H2,1-2H3,(H,22,28)(H,26,29)(H2,23,24,25,27). The first kappa shape index (κ1) is 20.0. The molecule has 0 aliphatic heterocycles. The lowest BCUT2D eigenvalue weighted by Gasteiger charge is -2.12. The van der Waals surface area contributed by atoms with Crippen molar-refractivity contribution in [3.05, 3.63) is 64.8 Å². The van der Waals surface area contributed by atoms with Gasteiger partial charge in [-0.2, -0.15) is 4.98 Å². The number of likely N-dealkylation sites (N-methyl/N-ethyl adjacent to an activating group) is 1. The molecule has 0 unspecified atom stereocenters. The Morgan fingerprint density at radius 2 is 2.00 bits per heavy atom. The van der Waals surface area contributed by atoms with Gasteiger partial charge in [-0.25, -0.2) is 9.78 Å². The Hall–Kier alpha value is -4.34. The first-order valence-corrected chi connectivity index (χ1v) is 9.44. The normalized spacial score (nSPS) is 10.6. The number of fused-ring (bicyclic) bond motifs is 1. The number of benzene rings is 2. The van der Waals surface area contributed by atoms with E-state index in [1.165, 1.54) is 0 Å². The second kappa shape index (κ2) is 8.57. The van der Waals surface area contributed by atoms with E-state index >= 15 is 0 Å². The van der Waals surface area contributed by atoms with Crippen molar-refractivity contribution in [3.63, 3.8) is 0 Å². The Labute approximate surface area is 176 Å². The van der Waals surface area contributed by atoms with Gasteiger partial charge in [0.1, 0.15) is 11.6 Å². The van der Waals surface area contributed by atoms with E-state index in [-0.39, 0.29) is 12.5 Å². The van der Waals surface area contributed by atoms with Crippen LogP contribution < -0.4 is 26.4 Å². The number of hydrogen-bond acceptors (Lipinski definition) is 8. The summed E-state index contributed by atoms with van der Waals surface area (Å²) >= 11 is 0. The smallest absolute Gasteiger partial charge is 0.417 e. The summed E-state index contributed by atoms with van der Waals surface area (Å²) < 4.78 is 10.5. The van der Waals surface area contributed by atoms with Gasteiger partial charge < -0.3 is 25.1 Å². The second-order valence-corrected chi connectivity index (χ2v) is 6.69. The van der Waals surface area contributed by atoms with Crippen LogP contribution in [0.2, 0.25) is 0 Å². The molecule has 2 aromatic carbocycles. The minimum Gasteiger partial charge on any atom is -0.484 e. The van der Waals surface area contributed by atoms with Gasteiger partial charge in [0, 0.05) is 36.2 Å². The molecule has 0 aliphatic rings. The predicted octanol–water partition coefficient (Wildman–Crippen LogP) is 2.83. The third-order valence-electron chi connectivity index (χ3n) is 4.39. The monoisotopic (exact) mass is 420 g/mol. The number of aromatic amines is 1. The first-order chi connectivity index (χ1) is 15.0. The number of aromatic nitrogens is 3. The van der Waals surface area contributed by atoms with Crippen LogP contribution in [0.25, 0.3) is 11.1 Å². The van der Waals surface area contributed by atoms with Crippen LogP contribution in [0, 0.1) is 6.92 Å². The first-order valence-electron chi connectivity index (χ1n) is 9.44. The average molecular weight is 420 g/mol. The summed E-state index contributed by atoms with van der Waals surface area (Å²) in [7, 11) is 1.55. The fourth-order valence-corrected chi connectivity index (χ4v) is 2.81. The Kier molecular flexibility index (Phi) is 5.52. The number of nitrogens with zero attached hydrogens (tertiary/aromatic N) is 2. The lowest BCUT2D eigenvalue weighted by molar-refractivity contribution is -0.122. The van der Waals surface area contributed by atoms with Gasteiger partial charge in [-0.3, -0.25) is 9.78 Å². The van der Waals surface area contributed by atoms with Crippen molar-refractivity contribution in [2.75, 3.05) is 24.3 Å². The third kappa shape index (κ3) is 4.81. The highest BCUT2D eigenvalue weighted by molar-refractivity contribution is 5.78. The number of hydrogen-bond donors (Lipinski definition) is 4. The van der Waals surface area contributed by atoms with Crippen LogP contribution in [0.4, 0.5) is 23.1 Å². The highest BCUT2D eigenvalue weighted by Crippen LogP contribution is 2.24. The summed E-state index contributed by atoms with van der Waals surface area (Å²) in [5, 5.41) is 8.86. The number of oxazole rings is 1. The van der Waals surface area contributed by atoms with Gasteiger partial charge in [0.25, 0.3) is 5.91 Å². The van der Waals surface area contributed by atoms with E-state index in [4.69, 9.17) is 9.15 Å². The van der Waals surface area contributed by atoms with E-state index in [0.717, 1.165) is 11.3 Å². The SMILES string of the molecule is CNC(=O)COc1cccc(Nc2ncc(C)c(Nc3ccc4oc(=O)[nH]c4c3)n2)c1. The number of carbonyl (C=O) groups excluding carboxylic acids is 1. The molecule has 0 saturated heterocycles. The van der Waals surface area contributed by atoms with Crippen LogP contribution in [0.1, 0.15) is 5.56 Å². The van der Waals surface area contributed by atoms with Gasteiger partial charge in [-0.1, -0.05) is 6.07 Å². The number of rotatable bonds is 7. The van der Waals surface area contributed by atoms with Crippen molar-refractivity contribution in [2.24, 2.45) is 0 Å². The largest absolute Gasteiger partial charge is 0.484 e. The lowest BCUT2D eigenvalue weighted by atomic mass is 10.2. The molecule has 0 aliphatic carbocycles. The average Bonchev–Trinajstić information content (AvgIpc) is 3.14. The molecular formula is C21H20N6O4. The fourth-order valence-electron chi connectivity index (χ4n) is 2.81. The Bertz CT molecular complexity index is 1300. The molecule has 4 rings (SSSR count). The zero-order valence-corrected chi connectivity index (χ0v) is 16.9. The highest BCUT2D eigenvalue weighted by atomic mass is 16.5. The summed E-state index contributed by atoms with van der Waals surface area (Å²) in [6.45, 7) is 1.82. The van der Waals surface area contributed by atoms with Crippen LogP contribution in [0.15, 0.2) is 57.9 Å². The zero-order valence-electron chi connectivity index (χ0n) is 16.9. The Balaban J connectivity index is 1.51. The van der Waals surface area contributed by atoms with Crippen LogP contribution in [0.3, 0.4) is 0 Å². The van der Waals surface area contributed by atoms with Gasteiger partial charge in [0.05, 0.1) is 5.52 Å². The Morgan fingerprint density at radius 1 is 1.16 bits per heavy atom. The molecule has 31 heavy (non-hydrogen) atoms. The van der Waals surface area contributed by atoms with Gasteiger partial charge >= 0.3 is 5.76 Å². The molecule has 10 nitrogen and oxygen atoms in total. The molecule has 0 bridgehead atoms. The van der Waals surface area contributed by atoms with E-state index in [0.29, 0.717) is 34.3 Å². The third-order valence-corrected chi connectivity index (χ3v) is 4.39. The maximum Gasteiger partial charge on any atom is 0.417 e. The van der Waals surface area contributed by atoms with Crippen molar-refractivity contribution < 1.29 is 13.9 Å². The molecule has 2 heterocycles. The molecule has 0 radical (unpaired) electrons. The topological polar surface area (TPSA) is 134 Å². The second-order valence-electron chi connectivity index (χ2n) is 6.69. The van der Waals surface area contributed by atoms with E-state index in [2.05, 4.69) is 30.9 Å². The van der Waals surface area contributed by atoms with E-state index in [1.807, 2.05) is 13.0 Å². The van der Waals surface area contributed by atoms with Gasteiger partial charge in [0.2, 0.25) is 5.95 Å². The van der Waals surface area contributed by atoms with Gasteiger partial charge in [-0.05, 0) is 37.3 Å². The number of H-pyrrole nitrogens is 1. The number of carbonyl (C=O) groups is 1. The molecule has 10 heteroatoms. The highest BCUT2D eigenvalue weighted by Gasteiger charge is 2.08. The summed E-state index contributed by atoms with van der Waals surface area (Å²) in [6, 6.07) is 12.4. The maximum absolute atomic E-state index is 11.4. The van der Waals surface area contributed by atoms with Crippen molar-refractivity contribution in [3.8, 4) is 5.75 Å². The number of amides is 1. The minimum atomic E-state index is -0.501. The van der Waals surface area contributed by atoms with E-state index in [1.54, 1.807) is 49.6 Å². The number of ether oxygens (including phenoxy) is 1. The molecule has 2 aromatic heterocycles. The zero-order chi connectivity index (χ0) is 21.8. The molecule has 158 valence electrons. The minimum absolute atomic E-state index is 0.0681. The molecular weight excluding hydrogens is 400 g/mol. The van der Waals surface area contributed by atoms with E-state index in [9.17, 15) is 9.59 Å². The van der Waals surface area contributed by atoms with Gasteiger partial charge in [0.15, 0.2) is 12.2 Å². The molecule has 0 spiro atoms. The van der Waals surface area contributed by atoms with Crippen molar-refractivity contribution >= 4 is 40.1 Å². The van der Waals surface area contributed by atoms with Crippen LogP contribution in [-0.4, -0.2) is 34.5 Å². The summed E-state index contributed by atoms with van der Waals surface area (Å²) in [6.07, 6.45) is 1.70. The number of nitrogens with one attached hydrogen (secondary N) is 4. The van der Waals surface area contributed by atoms with Crippen LogP contribution >= 0.6 is 0 Å². The van der Waals surface area contributed by atoms with E-state index < -0.39 is 5.76 Å². The van der Waals surface area contributed by atoms with Crippen molar-refractivity contribution in [2.45, 2.75) is 6.92 Å². The van der Waals surface area contributed by atoms with Crippen LogP contribution in [0.5, 0.6) is 5.75 Å². The fraction of sp³-hybridized carbons (Fsp3) is 0.143. The number of anilines is 4. The molecule has 0 atom stereocenters. The molecule has 4 N–H and O–H groups in total. The van der Waals surface area contributed by atoms with Crippen molar-refractivity contribution in [1.82, 2.24) is 20.3 Å². The maximum atomic E-state index is 11.4. The van der Waals surface area contributed by atoms with Crippen molar-refractivity contribution in [1.29, 1.82) is 0 Å². The quantitative estimate of drug-likeness (QED) is 0.359. The molecule has 0 fully saturated rings. The Morgan fingerprint density at radius 3 is 2.84 bits per heavy atom. The number of aryl methyl sites for hydroxylation is 1. The predicted molar refractivity (Wildman–Crippen MR) is 116 cm³/mol. The lowest BCUT2D eigenvalue weighted by Crippen LogP contribution is -2.24. The summed E-state index contributed by atoms with van der Waals surface area (Å²) in [5.74, 6) is 0.817. The molecule has 0 saturated carbocycles. The van der Waals surface area contributed by atoms with Gasteiger partial charge in [-0.15, -0.1) is 0 Å². The molecule has 1 amide bonds. The summed E-state index contributed by atoms with van der Waals surface area (Å²) in [5.41, 5.74) is 3.36. The summed E-state index contributed by atoms with van der Waals surface area (Å²) in [4.78, 5) is 34.2.